The van der Waals surface area contributed by atoms with E-state index in [4.69, 9.17) is 23.2 Å². The highest BCUT2D eigenvalue weighted by Crippen LogP contribution is 2.30. The first-order valence-electron chi connectivity index (χ1n) is 8.06. The van der Waals surface area contributed by atoms with Crippen LogP contribution in [0, 0.1) is 0 Å². The van der Waals surface area contributed by atoms with Crippen molar-refractivity contribution in [3.05, 3.63) is 82.6 Å². The molecule has 0 fully saturated rings. The van der Waals surface area contributed by atoms with E-state index in [-0.39, 0.29) is 16.0 Å². The molecule has 4 heterocycles. The molecule has 27 heavy (non-hydrogen) atoms. The molecule has 1 amide bonds. The molecule has 4 aromatic rings. The van der Waals surface area contributed by atoms with Crippen molar-refractivity contribution < 1.29 is 4.79 Å². The first kappa shape index (κ1) is 17.5. The molecule has 0 aliphatic carbocycles. The Bertz CT molecular complexity index is 1110. The molecule has 6 nitrogen and oxygen atoms in total. The maximum Gasteiger partial charge on any atom is 0.257 e. The Labute approximate surface area is 164 Å². The number of rotatable bonds is 4. The van der Waals surface area contributed by atoms with E-state index in [9.17, 15) is 4.79 Å². The Kier molecular flexibility index (Phi) is 4.75. The minimum Gasteiger partial charge on any atom is -0.327 e. The van der Waals surface area contributed by atoms with E-state index in [1.165, 1.54) is 12.4 Å². The average Bonchev–Trinajstić information content (AvgIpc) is 3.04. The van der Waals surface area contributed by atoms with Crippen LogP contribution in [0.4, 0.5) is 5.69 Å². The van der Waals surface area contributed by atoms with Gasteiger partial charge in [0.2, 0.25) is 0 Å². The second-order valence-corrected chi connectivity index (χ2v) is 6.65. The maximum atomic E-state index is 12.9. The number of fused-ring (bicyclic) bond motifs is 1. The van der Waals surface area contributed by atoms with Gasteiger partial charge in [0.15, 0.2) is 0 Å². The van der Waals surface area contributed by atoms with Gasteiger partial charge in [0.1, 0.15) is 5.65 Å². The van der Waals surface area contributed by atoms with E-state index in [1.54, 1.807) is 30.9 Å². The van der Waals surface area contributed by atoms with Crippen LogP contribution in [-0.4, -0.2) is 25.4 Å². The minimum absolute atomic E-state index is 0.273. The fourth-order valence-corrected chi connectivity index (χ4v) is 3.28. The summed E-state index contributed by atoms with van der Waals surface area (Å²) in [6, 6.07) is 7.49. The van der Waals surface area contributed by atoms with Gasteiger partial charge in [0.05, 0.1) is 21.3 Å². The Balaban J connectivity index is 1.72. The number of aromatic nitrogens is 4. The topological polar surface area (TPSA) is 72.7 Å². The SMILES string of the molecule is O=C(Nc1c(Cl)cncc1Cl)c1cn(Cc2ccncc2)c2ncccc12. The summed E-state index contributed by atoms with van der Waals surface area (Å²) in [6.45, 7) is 0.570. The molecule has 0 aliphatic heterocycles. The zero-order valence-electron chi connectivity index (χ0n) is 13.9. The van der Waals surface area contributed by atoms with E-state index >= 15 is 0 Å². The summed E-state index contributed by atoms with van der Waals surface area (Å²) in [7, 11) is 0. The van der Waals surface area contributed by atoms with Gasteiger partial charge in [0, 0.05) is 49.1 Å². The Hall–Kier alpha value is -2.96. The number of hydrogen-bond donors (Lipinski definition) is 1. The van der Waals surface area contributed by atoms with Crippen molar-refractivity contribution in [2.24, 2.45) is 0 Å². The summed E-state index contributed by atoms with van der Waals surface area (Å²) in [5.74, 6) is -0.323. The Morgan fingerprint density at radius 1 is 1.04 bits per heavy atom. The van der Waals surface area contributed by atoms with Crippen LogP contribution in [0.2, 0.25) is 10.0 Å². The van der Waals surface area contributed by atoms with Crippen molar-refractivity contribution in [1.29, 1.82) is 0 Å². The number of hydrogen-bond acceptors (Lipinski definition) is 4. The van der Waals surface area contributed by atoms with Gasteiger partial charge in [-0.25, -0.2) is 4.98 Å². The third kappa shape index (κ3) is 3.49. The van der Waals surface area contributed by atoms with Gasteiger partial charge in [-0.1, -0.05) is 23.2 Å². The van der Waals surface area contributed by atoms with Crippen LogP contribution in [-0.2, 0) is 6.54 Å². The van der Waals surface area contributed by atoms with Crippen molar-refractivity contribution >= 4 is 45.8 Å². The number of carbonyl (C=O) groups excluding carboxylic acids is 1. The van der Waals surface area contributed by atoms with Crippen LogP contribution in [0.3, 0.4) is 0 Å². The van der Waals surface area contributed by atoms with Gasteiger partial charge < -0.3 is 9.88 Å². The third-order valence-electron chi connectivity index (χ3n) is 4.07. The number of amides is 1. The van der Waals surface area contributed by atoms with Gasteiger partial charge in [-0.2, -0.15) is 0 Å². The molecule has 8 heteroatoms. The van der Waals surface area contributed by atoms with Crippen LogP contribution in [0.25, 0.3) is 11.0 Å². The molecule has 0 atom stereocenters. The number of nitrogens with zero attached hydrogens (tertiary/aromatic N) is 4. The molecule has 134 valence electrons. The fourth-order valence-electron chi connectivity index (χ4n) is 2.82. The first-order valence-corrected chi connectivity index (χ1v) is 8.82. The summed E-state index contributed by atoms with van der Waals surface area (Å²) >= 11 is 12.2. The van der Waals surface area contributed by atoms with E-state index in [0.29, 0.717) is 23.4 Å². The lowest BCUT2D eigenvalue weighted by atomic mass is 10.2. The molecule has 4 rings (SSSR count). The lowest BCUT2D eigenvalue weighted by molar-refractivity contribution is 0.102. The second kappa shape index (κ2) is 7.34. The smallest absolute Gasteiger partial charge is 0.257 e. The summed E-state index contributed by atoms with van der Waals surface area (Å²) in [6.07, 6.45) is 9.79. The van der Waals surface area contributed by atoms with Crippen molar-refractivity contribution in [2.75, 3.05) is 5.32 Å². The van der Waals surface area contributed by atoms with Crippen molar-refractivity contribution in [3.63, 3.8) is 0 Å². The van der Waals surface area contributed by atoms with Gasteiger partial charge >= 0.3 is 0 Å². The standard InChI is InChI=1S/C19H13Cl2N5O/c20-15-8-23-9-16(21)17(15)25-19(27)14-11-26(10-12-3-6-22-7-4-12)18-13(14)2-1-5-24-18/h1-9,11H,10H2,(H,23,25,27). The molecular formula is C19H13Cl2N5O. The summed E-state index contributed by atoms with van der Waals surface area (Å²) in [5, 5.41) is 4.06. The summed E-state index contributed by atoms with van der Waals surface area (Å²) in [4.78, 5) is 25.2. The van der Waals surface area contributed by atoms with Crippen LogP contribution >= 0.6 is 23.2 Å². The van der Waals surface area contributed by atoms with Gasteiger partial charge in [-0.3, -0.25) is 14.8 Å². The van der Waals surface area contributed by atoms with E-state index < -0.39 is 0 Å². The normalized spacial score (nSPS) is 10.9. The van der Waals surface area contributed by atoms with E-state index in [0.717, 1.165) is 10.9 Å². The molecule has 4 aromatic heterocycles. The fraction of sp³-hybridized carbons (Fsp3) is 0.0526. The van der Waals surface area contributed by atoms with Gasteiger partial charge in [-0.15, -0.1) is 0 Å². The molecule has 0 unspecified atom stereocenters. The number of halogens is 2. The maximum absolute atomic E-state index is 12.9. The zero-order valence-corrected chi connectivity index (χ0v) is 15.4. The molecule has 0 spiro atoms. The largest absolute Gasteiger partial charge is 0.327 e. The highest BCUT2D eigenvalue weighted by atomic mass is 35.5. The molecule has 0 radical (unpaired) electrons. The molecule has 0 saturated carbocycles. The molecule has 0 aromatic carbocycles. The van der Waals surface area contributed by atoms with Crippen LogP contribution in [0.15, 0.2) is 61.4 Å². The molecule has 0 aliphatic rings. The van der Waals surface area contributed by atoms with Crippen molar-refractivity contribution in [1.82, 2.24) is 19.5 Å². The number of pyridine rings is 3. The third-order valence-corrected chi connectivity index (χ3v) is 4.65. The molecular weight excluding hydrogens is 385 g/mol. The Morgan fingerprint density at radius 3 is 2.52 bits per heavy atom. The monoisotopic (exact) mass is 397 g/mol. The minimum atomic E-state index is -0.323. The van der Waals surface area contributed by atoms with Crippen LogP contribution in [0.1, 0.15) is 15.9 Å². The van der Waals surface area contributed by atoms with Crippen LogP contribution in [0.5, 0.6) is 0 Å². The first-order chi connectivity index (χ1) is 13.1. The van der Waals surface area contributed by atoms with Crippen molar-refractivity contribution in [3.8, 4) is 0 Å². The lowest BCUT2D eigenvalue weighted by Gasteiger charge is -2.08. The average molecular weight is 398 g/mol. The Morgan fingerprint density at radius 2 is 1.78 bits per heavy atom. The predicted molar refractivity (Wildman–Crippen MR) is 105 cm³/mol. The van der Waals surface area contributed by atoms with E-state index in [1.807, 2.05) is 22.8 Å². The number of anilines is 1. The van der Waals surface area contributed by atoms with Crippen LogP contribution < -0.4 is 5.32 Å². The lowest BCUT2D eigenvalue weighted by Crippen LogP contribution is -2.12. The molecule has 1 N–H and O–H groups in total. The quantitative estimate of drug-likeness (QED) is 0.552. The number of nitrogens with one attached hydrogen (secondary N) is 1. The predicted octanol–water partition coefficient (Wildman–Crippen LogP) is 4.43. The van der Waals surface area contributed by atoms with E-state index in [2.05, 4.69) is 20.3 Å². The van der Waals surface area contributed by atoms with Crippen molar-refractivity contribution in [2.45, 2.75) is 6.54 Å². The highest BCUT2D eigenvalue weighted by molar-refractivity contribution is 6.39. The molecule has 0 saturated heterocycles. The van der Waals surface area contributed by atoms with Gasteiger partial charge in [0.25, 0.3) is 5.91 Å². The zero-order chi connectivity index (χ0) is 18.8. The number of carbonyl (C=O) groups is 1. The molecule has 0 bridgehead atoms. The van der Waals surface area contributed by atoms with Gasteiger partial charge in [-0.05, 0) is 29.8 Å². The highest BCUT2D eigenvalue weighted by Gasteiger charge is 2.18. The summed E-state index contributed by atoms with van der Waals surface area (Å²) < 4.78 is 1.93. The second-order valence-electron chi connectivity index (χ2n) is 5.83. The summed E-state index contributed by atoms with van der Waals surface area (Å²) in [5.41, 5.74) is 2.58.